The monoisotopic (exact) mass is 195 g/mol. The standard InChI is InChI=1S/C10H10ClNO/c11-10-6-8(2-1-5-13)3-4-9(10)7-12/h3-4,6,13H,1-2,5H2. The normalized spacial score (nSPS) is 9.62. The van der Waals surface area contributed by atoms with E-state index in [2.05, 4.69) is 0 Å². The van der Waals surface area contributed by atoms with E-state index in [0.29, 0.717) is 10.6 Å². The van der Waals surface area contributed by atoms with Gasteiger partial charge in [0.2, 0.25) is 0 Å². The maximum Gasteiger partial charge on any atom is 0.101 e. The Labute approximate surface area is 82.4 Å². The second-order valence-electron chi connectivity index (χ2n) is 2.75. The summed E-state index contributed by atoms with van der Waals surface area (Å²) in [7, 11) is 0. The Morgan fingerprint density at radius 1 is 1.46 bits per heavy atom. The van der Waals surface area contributed by atoms with Crippen LogP contribution in [0.1, 0.15) is 17.5 Å². The SMILES string of the molecule is N#Cc1ccc(CCCO)cc1Cl. The zero-order valence-corrected chi connectivity index (χ0v) is 7.88. The van der Waals surface area contributed by atoms with E-state index in [9.17, 15) is 0 Å². The molecular formula is C10H10ClNO. The number of hydrogen-bond acceptors (Lipinski definition) is 2. The third-order valence-corrected chi connectivity index (χ3v) is 2.09. The van der Waals surface area contributed by atoms with Crippen molar-refractivity contribution in [2.24, 2.45) is 0 Å². The fourth-order valence-corrected chi connectivity index (χ4v) is 1.33. The Morgan fingerprint density at radius 2 is 2.23 bits per heavy atom. The summed E-state index contributed by atoms with van der Waals surface area (Å²) in [6, 6.07) is 7.34. The Balaban J connectivity index is 2.79. The number of nitrogens with zero attached hydrogens (tertiary/aromatic N) is 1. The lowest BCUT2D eigenvalue weighted by molar-refractivity contribution is 0.288. The van der Waals surface area contributed by atoms with Gasteiger partial charge in [0.15, 0.2) is 0 Å². The summed E-state index contributed by atoms with van der Waals surface area (Å²) in [4.78, 5) is 0. The summed E-state index contributed by atoms with van der Waals surface area (Å²) in [5, 5.41) is 17.7. The van der Waals surface area contributed by atoms with Gasteiger partial charge in [-0.15, -0.1) is 0 Å². The molecule has 0 aliphatic heterocycles. The van der Waals surface area contributed by atoms with Crippen LogP contribution in [0.5, 0.6) is 0 Å². The van der Waals surface area contributed by atoms with Crippen LogP contribution in [0.4, 0.5) is 0 Å². The Hall–Kier alpha value is -1.04. The van der Waals surface area contributed by atoms with Crippen molar-refractivity contribution in [2.45, 2.75) is 12.8 Å². The molecule has 0 unspecified atom stereocenters. The van der Waals surface area contributed by atoms with Gasteiger partial charge in [-0.25, -0.2) is 0 Å². The number of aryl methyl sites for hydroxylation is 1. The molecule has 0 saturated carbocycles. The molecule has 68 valence electrons. The molecule has 0 saturated heterocycles. The maximum absolute atomic E-state index is 8.61. The Bertz CT molecular complexity index is 330. The van der Waals surface area contributed by atoms with Crippen LogP contribution < -0.4 is 0 Å². The lowest BCUT2D eigenvalue weighted by Gasteiger charge is -2.00. The number of benzene rings is 1. The molecule has 0 spiro atoms. The average Bonchev–Trinajstić information content (AvgIpc) is 2.15. The predicted octanol–water partition coefficient (Wildman–Crippen LogP) is 2.14. The lowest BCUT2D eigenvalue weighted by atomic mass is 10.1. The van der Waals surface area contributed by atoms with E-state index in [0.717, 1.165) is 18.4 Å². The molecule has 1 N–H and O–H groups in total. The van der Waals surface area contributed by atoms with Crippen LogP contribution >= 0.6 is 11.6 Å². The molecule has 0 radical (unpaired) electrons. The van der Waals surface area contributed by atoms with Crippen molar-refractivity contribution >= 4 is 11.6 Å². The molecule has 0 atom stereocenters. The van der Waals surface area contributed by atoms with Crippen molar-refractivity contribution in [3.8, 4) is 6.07 Å². The number of aliphatic hydroxyl groups is 1. The van der Waals surface area contributed by atoms with Crippen LogP contribution in [0.2, 0.25) is 5.02 Å². The molecule has 0 bridgehead atoms. The highest BCUT2D eigenvalue weighted by atomic mass is 35.5. The summed E-state index contributed by atoms with van der Waals surface area (Å²) in [5.74, 6) is 0. The maximum atomic E-state index is 8.61. The predicted molar refractivity (Wildman–Crippen MR) is 51.6 cm³/mol. The fourth-order valence-electron chi connectivity index (χ4n) is 1.09. The van der Waals surface area contributed by atoms with Crippen LogP contribution in [0, 0.1) is 11.3 Å². The first-order chi connectivity index (χ1) is 6.27. The molecule has 1 aromatic carbocycles. The van der Waals surface area contributed by atoms with Gasteiger partial charge < -0.3 is 5.11 Å². The summed E-state index contributed by atoms with van der Waals surface area (Å²) < 4.78 is 0. The summed E-state index contributed by atoms with van der Waals surface area (Å²) >= 11 is 5.82. The van der Waals surface area contributed by atoms with E-state index in [1.54, 1.807) is 12.1 Å². The van der Waals surface area contributed by atoms with Crippen molar-refractivity contribution in [3.05, 3.63) is 34.3 Å². The number of hydrogen-bond donors (Lipinski definition) is 1. The third kappa shape index (κ3) is 2.73. The fraction of sp³-hybridized carbons (Fsp3) is 0.300. The third-order valence-electron chi connectivity index (χ3n) is 1.78. The molecule has 0 aliphatic rings. The summed E-state index contributed by atoms with van der Waals surface area (Å²) in [6.07, 6.45) is 1.52. The van der Waals surface area contributed by atoms with Gasteiger partial charge in [-0.05, 0) is 30.5 Å². The number of aliphatic hydroxyl groups excluding tert-OH is 1. The first kappa shape index (κ1) is 10.0. The van der Waals surface area contributed by atoms with Gasteiger partial charge >= 0.3 is 0 Å². The minimum atomic E-state index is 0.178. The van der Waals surface area contributed by atoms with Crippen molar-refractivity contribution in [1.82, 2.24) is 0 Å². The molecule has 0 aliphatic carbocycles. The zero-order valence-electron chi connectivity index (χ0n) is 7.13. The minimum absolute atomic E-state index is 0.178. The molecule has 1 aromatic rings. The van der Waals surface area contributed by atoms with E-state index in [1.165, 1.54) is 0 Å². The molecule has 0 aromatic heterocycles. The Kier molecular flexibility index (Phi) is 3.75. The number of rotatable bonds is 3. The van der Waals surface area contributed by atoms with Gasteiger partial charge in [0.25, 0.3) is 0 Å². The van der Waals surface area contributed by atoms with Crippen LogP contribution in [-0.2, 0) is 6.42 Å². The van der Waals surface area contributed by atoms with E-state index in [1.807, 2.05) is 12.1 Å². The van der Waals surface area contributed by atoms with Gasteiger partial charge in [0.1, 0.15) is 6.07 Å². The first-order valence-corrected chi connectivity index (χ1v) is 4.45. The van der Waals surface area contributed by atoms with Gasteiger partial charge in [-0.3, -0.25) is 0 Å². The molecular weight excluding hydrogens is 186 g/mol. The van der Waals surface area contributed by atoms with Crippen LogP contribution in [0.25, 0.3) is 0 Å². The van der Waals surface area contributed by atoms with Crippen LogP contribution in [0.15, 0.2) is 18.2 Å². The minimum Gasteiger partial charge on any atom is -0.396 e. The molecule has 1 rings (SSSR count). The second-order valence-corrected chi connectivity index (χ2v) is 3.16. The van der Waals surface area contributed by atoms with Crippen molar-refractivity contribution in [3.63, 3.8) is 0 Å². The smallest absolute Gasteiger partial charge is 0.101 e. The van der Waals surface area contributed by atoms with E-state index >= 15 is 0 Å². The average molecular weight is 196 g/mol. The van der Waals surface area contributed by atoms with Gasteiger partial charge in [-0.2, -0.15) is 5.26 Å². The van der Waals surface area contributed by atoms with Crippen molar-refractivity contribution in [2.75, 3.05) is 6.61 Å². The molecule has 3 heteroatoms. The molecule has 13 heavy (non-hydrogen) atoms. The highest BCUT2D eigenvalue weighted by molar-refractivity contribution is 6.31. The highest BCUT2D eigenvalue weighted by Crippen LogP contribution is 2.17. The van der Waals surface area contributed by atoms with Crippen LogP contribution in [-0.4, -0.2) is 11.7 Å². The molecule has 0 amide bonds. The topological polar surface area (TPSA) is 44.0 Å². The molecule has 0 fully saturated rings. The Morgan fingerprint density at radius 3 is 2.77 bits per heavy atom. The number of nitriles is 1. The van der Waals surface area contributed by atoms with E-state index < -0.39 is 0 Å². The quantitative estimate of drug-likeness (QED) is 0.803. The first-order valence-electron chi connectivity index (χ1n) is 4.07. The van der Waals surface area contributed by atoms with Crippen LogP contribution in [0.3, 0.4) is 0 Å². The van der Waals surface area contributed by atoms with Gasteiger partial charge in [0.05, 0.1) is 10.6 Å². The van der Waals surface area contributed by atoms with Crippen molar-refractivity contribution in [1.29, 1.82) is 5.26 Å². The lowest BCUT2D eigenvalue weighted by Crippen LogP contribution is -1.90. The molecule has 0 heterocycles. The molecule has 2 nitrogen and oxygen atoms in total. The number of halogens is 1. The van der Waals surface area contributed by atoms with E-state index in [4.69, 9.17) is 22.0 Å². The largest absolute Gasteiger partial charge is 0.396 e. The second kappa shape index (κ2) is 4.86. The van der Waals surface area contributed by atoms with Crippen molar-refractivity contribution < 1.29 is 5.11 Å². The van der Waals surface area contributed by atoms with Gasteiger partial charge in [0, 0.05) is 6.61 Å². The summed E-state index contributed by atoms with van der Waals surface area (Å²) in [6.45, 7) is 0.178. The summed E-state index contributed by atoms with van der Waals surface area (Å²) in [5.41, 5.74) is 1.55. The van der Waals surface area contributed by atoms with E-state index in [-0.39, 0.29) is 6.61 Å². The highest BCUT2D eigenvalue weighted by Gasteiger charge is 2.00. The van der Waals surface area contributed by atoms with Gasteiger partial charge in [-0.1, -0.05) is 17.7 Å². The zero-order chi connectivity index (χ0) is 9.68.